The third-order valence-electron chi connectivity index (χ3n) is 2.83. The van der Waals surface area contributed by atoms with Gasteiger partial charge in [-0.1, -0.05) is 13.8 Å². The van der Waals surface area contributed by atoms with Gasteiger partial charge in [0.15, 0.2) is 0 Å². The number of hydrogen-bond donors (Lipinski definition) is 1. The maximum atomic E-state index is 13.3. The lowest BCUT2D eigenvalue weighted by molar-refractivity contribution is 0.474. The minimum atomic E-state index is -0.363. The Morgan fingerprint density at radius 3 is 2.76 bits per heavy atom. The molecule has 0 saturated heterocycles. The second-order valence-corrected chi connectivity index (χ2v) is 4.58. The van der Waals surface area contributed by atoms with Crippen molar-refractivity contribution in [2.45, 2.75) is 33.1 Å². The minimum absolute atomic E-state index is 0.305. The summed E-state index contributed by atoms with van der Waals surface area (Å²) in [7, 11) is 0. The normalized spacial score (nSPS) is 12.7. The molecule has 0 heterocycles. The highest BCUT2D eigenvalue weighted by molar-refractivity contribution is 5.18. The molecule has 1 nitrogen and oxygen atoms in total. The molecule has 1 N–H and O–H groups in total. The Bertz CT molecular complexity index is 339. The monoisotopic (exact) mass is 241 g/mol. The van der Waals surface area contributed by atoms with Crippen LogP contribution in [0.1, 0.15) is 32.3 Å². The first kappa shape index (κ1) is 14.1. The summed E-state index contributed by atoms with van der Waals surface area (Å²) >= 11 is 0. The van der Waals surface area contributed by atoms with Crippen LogP contribution >= 0.6 is 0 Å². The van der Waals surface area contributed by atoms with E-state index >= 15 is 0 Å². The van der Waals surface area contributed by atoms with Crippen molar-refractivity contribution in [3.8, 4) is 0 Å². The predicted octanol–water partition coefficient (Wildman–Crippen LogP) is 3.53. The van der Waals surface area contributed by atoms with E-state index in [2.05, 4.69) is 19.2 Å². The van der Waals surface area contributed by atoms with Crippen molar-refractivity contribution in [1.29, 1.82) is 0 Å². The zero-order valence-corrected chi connectivity index (χ0v) is 10.6. The van der Waals surface area contributed by atoms with Crippen molar-refractivity contribution in [3.05, 3.63) is 35.4 Å². The standard InChI is InChI=1S/C14H21F2N/c1-3-8-17-10-11(2)4-5-12-9-13(15)6-7-14(12)16/h6-7,9,11,17H,3-5,8,10H2,1-2H3. The fourth-order valence-corrected chi connectivity index (χ4v) is 1.76. The van der Waals surface area contributed by atoms with E-state index in [-0.39, 0.29) is 11.6 Å². The highest BCUT2D eigenvalue weighted by Crippen LogP contribution is 2.14. The molecule has 1 unspecified atom stereocenters. The second-order valence-electron chi connectivity index (χ2n) is 4.58. The van der Waals surface area contributed by atoms with Gasteiger partial charge in [0.25, 0.3) is 0 Å². The largest absolute Gasteiger partial charge is 0.316 e. The molecule has 96 valence electrons. The fourth-order valence-electron chi connectivity index (χ4n) is 1.76. The first-order valence-electron chi connectivity index (χ1n) is 6.28. The van der Waals surface area contributed by atoms with Gasteiger partial charge in [0, 0.05) is 0 Å². The molecule has 1 aromatic rings. The highest BCUT2D eigenvalue weighted by Gasteiger charge is 2.07. The number of halogens is 2. The molecule has 0 bridgehead atoms. The Hall–Kier alpha value is -0.960. The molecule has 3 heteroatoms. The van der Waals surface area contributed by atoms with Crippen LogP contribution in [-0.4, -0.2) is 13.1 Å². The second kappa shape index (κ2) is 7.38. The molecular formula is C14H21F2N. The molecule has 0 aromatic heterocycles. The average Bonchev–Trinajstić information content (AvgIpc) is 2.31. The SMILES string of the molecule is CCCNCC(C)CCc1cc(F)ccc1F. The van der Waals surface area contributed by atoms with Gasteiger partial charge in [0.05, 0.1) is 0 Å². The third kappa shape index (κ3) is 5.26. The van der Waals surface area contributed by atoms with Gasteiger partial charge in [-0.3, -0.25) is 0 Å². The van der Waals surface area contributed by atoms with Gasteiger partial charge in [-0.25, -0.2) is 8.78 Å². The van der Waals surface area contributed by atoms with Crippen LogP contribution in [0.4, 0.5) is 8.78 Å². The summed E-state index contributed by atoms with van der Waals surface area (Å²) in [5.74, 6) is -0.192. The van der Waals surface area contributed by atoms with Crippen molar-refractivity contribution in [3.63, 3.8) is 0 Å². The van der Waals surface area contributed by atoms with Gasteiger partial charge in [-0.05, 0) is 62.0 Å². The van der Waals surface area contributed by atoms with E-state index in [9.17, 15) is 8.78 Å². The van der Waals surface area contributed by atoms with Crippen molar-refractivity contribution in [2.75, 3.05) is 13.1 Å². The van der Waals surface area contributed by atoms with E-state index < -0.39 is 0 Å². The molecule has 0 aliphatic heterocycles. The number of hydrogen-bond acceptors (Lipinski definition) is 1. The van der Waals surface area contributed by atoms with Crippen LogP contribution in [0.15, 0.2) is 18.2 Å². The summed E-state index contributed by atoms with van der Waals surface area (Å²) in [6.45, 7) is 6.20. The molecule has 0 radical (unpaired) electrons. The molecule has 0 aliphatic rings. The summed E-state index contributed by atoms with van der Waals surface area (Å²) in [5, 5.41) is 3.33. The number of benzene rings is 1. The van der Waals surface area contributed by atoms with Crippen LogP contribution in [0.2, 0.25) is 0 Å². The molecule has 1 rings (SSSR count). The molecule has 0 fully saturated rings. The van der Waals surface area contributed by atoms with Crippen molar-refractivity contribution >= 4 is 0 Å². The van der Waals surface area contributed by atoms with Crippen LogP contribution in [0, 0.1) is 17.6 Å². The average molecular weight is 241 g/mol. The van der Waals surface area contributed by atoms with E-state index in [4.69, 9.17) is 0 Å². The molecular weight excluding hydrogens is 220 g/mol. The zero-order chi connectivity index (χ0) is 12.7. The lowest BCUT2D eigenvalue weighted by atomic mass is 10.0. The lowest BCUT2D eigenvalue weighted by Crippen LogP contribution is -2.22. The molecule has 1 aromatic carbocycles. The first-order valence-corrected chi connectivity index (χ1v) is 6.28. The summed E-state index contributed by atoms with van der Waals surface area (Å²) in [5.41, 5.74) is 0.479. The van der Waals surface area contributed by atoms with Crippen molar-refractivity contribution in [2.24, 2.45) is 5.92 Å². The van der Waals surface area contributed by atoms with Crippen molar-refractivity contribution in [1.82, 2.24) is 5.32 Å². The van der Waals surface area contributed by atoms with E-state index in [0.29, 0.717) is 17.9 Å². The van der Waals surface area contributed by atoms with E-state index in [1.807, 2.05) is 0 Å². The molecule has 0 amide bonds. The number of nitrogens with one attached hydrogen (secondary N) is 1. The van der Waals surface area contributed by atoms with Gasteiger partial charge in [0.2, 0.25) is 0 Å². The van der Waals surface area contributed by atoms with E-state index in [1.54, 1.807) is 0 Å². The molecule has 0 spiro atoms. The Labute approximate surface area is 102 Å². The van der Waals surface area contributed by atoms with Crippen LogP contribution in [0.5, 0.6) is 0 Å². The summed E-state index contributed by atoms with van der Waals surface area (Å²) in [6, 6.07) is 3.65. The smallest absolute Gasteiger partial charge is 0.126 e. The van der Waals surface area contributed by atoms with E-state index in [0.717, 1.165) is 32.0 Å². The molecule has 0 saturated carbocycles. The highest BCUT2D eigenvalue weighted by atomic mass is 19.1. The van der Waals surface area contributed by atoms with Gasteiger partial charge >= 0.3 is 0 Å². The molecule has 0 aliphatic carbocycles. The van der Waals surface area contributed by atoms with E-state index in [1.165, 1.54) is 12.1 Å². The Morgan fingerprint density at radius 2 is 2.06 bits per heavy atom. The van der Waals surface area contributed by atoms with Crippen LogP contribution in [0.25, 0.3) is 0 Å². The maximum Gasteiger partial charge on any atom is 0.126 e. The Balaban J connectivity index is 2.36. The Morgan fingerprint density at radius 1 is 1.29 bits per heavy atom. The van der Waals surface area contributed by atoms with Gasteiger partial charge in [-0.2, -0.15) is 0 Å². The van der Waals surface area contributed by atoms with Crippen molar-refractivity contribution < 1.29 is 8.78 Å². The fraction of sp³-hybridized carbons (Fsp3) is 0.571. The maximum absolute atomic E-state index is 13.3. The number of aryl methyl sites for hydroxylation is 1. The van der Waals surface area contributed by atoms with Gasteiger partial charge in [0.1, 0.15) is 11.6 Å². The van der Waals surface area contributed by atoms with Gasteiger partial charge < -0.3 is 5.32 Å². The first-order chi connectivity index (χ1) is 8.13. The molecule has 17 heavy (non-hydrogen) atoms. The van der Waals surface area contributed by atoms with Crippen LogP contribution in [0.3, 0.4) is 0 Å². The quantitative estimate of drug-likeness (QED) is 0.720. The summed E-state index contributed by atoms with van der Waals surface area (Å²) in [6.07, 6.45) is 2.58. The minimum Gasteiger partial charge on any atom is -0.316 e. The van der Waals surface area contributed by atoms with Gasteiger partial charge in [-0.15, -0.1) is 0 Å². The Kier molecular flexibility index (Phi) is 6.12. The molecule has 1 atom stereocenters. The summed E-state index contributed by atoms with van der Waals surface area (Å²) < 4.78 is 26.3. The van der Waals surface area contributed by atoms with Crippen LogP contribution < -0.4 is 5.32 Å². The zero-order valence-electron chi connectivity index (χ0n) is 10.6. The summed E-state index contributed by atoms with van der Waals surface area (Å²) in [4.78, 5) is 0. The predicted molar refractivity (Wildman–Crippen MR) is 67.0 cm³/mol. The third-order valence-corrected chi connectivity index (χ3v) is 2.83. The number of rotatable bonds is 7. The lowest BCUT2D eigenvalue weighted by Gasteiger charge is -2.12. The van der Waals surface area contributed by atoms with Crippen LogP contribution in [-0.2, 0) is 6.42 Å². The topological polar surface area (TPSA) is 12.0 Å².